The predicted molar refractivity (Wildman–Crippen MR) is 317 cm³/mol. The van der Waals surface area contributed by atoms with Gasteiger partial charge in [-0.3, -0.25) is 28.7 Å². The first kappa shape index (κ1) is 68.2. The summed E-state index contributed by atoms with van der Waals surface area (Å²) < 4.78 is 55.8. The molecule has 0 spiro atoms. The molecule has 2 aromatic carbocycles. The number of hydrogen-bond acceptors (Lipinski definition) is 21. The Labute approximate surface area is 504 Å². The Morgan fingerprint density at radius 2 is 1.03 bits per heavy atom. The predicted octanol–water partition coefficient (Wildman–Crippen LogP) is 5.36. The number of fused-ring (bicyclic) bond motifs is 2. The molecular formula is C56H72F2N12O15S2. The highest BCUT2D eigenvalue weighted by molar-refractivity contribution is 7.21. The minimum atomic E-state index is -1.90. The number of halogens is 2. The van der Waals surface area contributed by atoms with Crippen molar-refractivity contribution in [3.05, 3.63) is 137 Å². The molecule has 0 radical (unpaired) electrons. The van der Waals surface area contributed by atoms with Crippen molar-refractivity contribution in [2.24, 2.45) is 0 Å². The van der Waals surface area contributed by atoms with Crippen LogP contribution in [0.2, 0.25) is 0 Å². The quantitative estimate of drug-likeness (QED) is 0.0252. The van der Waals surface area contributed by atoms with Crippen molar-refractivity contribution >= 4 is 55.0 Å². The lowest BCUT2D eigenvalue weighted by molar-refractivity contribution is -0.182. The number of hydroxylamine groups is 3. The number of carboxylic acid groups (broad SMARTS) is 1. The molecule has 6 heterocycles. The molecule has 0 unspecified atom stereocenters. The summed E-state index contributed by atoms with van der Waals surface area (Å²) in [5.74, 6) is -2.75. The van der Waals surface area contributed by atoms with E-state index in [0.717, 1.165) is 27.2 Å². The first-order valence-electron chi connectivity index (χ1n) is 27.2. The summed E-state index contributed by atoms with van der Waals surface area (Å²) in [4.78, 5) is 84.7. The number of aliphatic hydroxyl groups is 2. The molecular weight excluding hydrogens is 1180 g/mol. The van der Waals surface area contributed by atoms with Crippen LogP contribution in [0.5, 0.6) is 11.5 Å². The van der Waals surface area contributed by atoms with Gasteiger partial charge in [-0.25, -0.2) is 42.8 Å². The molecule has 6 N–H and O–H groups in total. The fourth-order valence-corrected chi connectivity index (χ4v) is 11.5. The van der Waals surface area contributed by atoms with Crippen molar-refractivity contribution in [1.82, 2.24) is 58.8 Å². The Bertz CT molecular complexity index is 3930. The van der Waals surface area contributed by atoms with Gasteiger partial charge in [-0.05, 0) is 118 Å². The molecule has 8 rings (SSSR count). The van der Waals surface area contributed by atoms with Crippen LogP contribution in [0.25, 0.3) is 30.4 Å². The number of aliphatic carboxylic acids is 1. The summed E-state index contributed by atoms with van der Waals surface area (Å²) in [7, 11) is 2.83. The highest BCUT2D eigenvalue weighted by Gasteiger charge is 2.40. The summed E-state index contributed by atoms with van der Waals surface area (Å²) in [5.41, 5.74) is -3.39. The van der Waals surface area contributed by atoms with Crippen LogP contribution in [0.4, 0.5) is 8.78 Å². The molecule has 0 saturated heterocycles. The van der Waals surface area contributed by atoms with E-state index in [0.29, 0.717) is 53.4 Å². The molecule has 31 heteroatoms. The van der Waals surface area contributed by atoms with Crippen LogP contribution in [0.3, 0.4) is 0 Å². The molecule has 6 aromatic heterocycles. The van der Waals surface area contributed by atoms with E-state index >= 15 is 0 Å². The van der Waals surface area contributed by atoms with Crippen molar-refractivity contribution in [1.29, 1.82) is 0 Å². The maximum Gasteiger partial charge on any atom is 0.333 e. The SMILES string of the molecule is CC(C)NO.COc1ccc(F)cc1[C@H](Cn1c(=O)n(C(C)(C)C(=O)N(O)C(C)C)c(=O)c2c(C)c(-n3nccn3)sc21)OCCCO.COc1ccc(F)cc1[C@H](Cn1c(=O)n(C(C)(C)C(=O)O)c(=O)c2c(C)c(-n3nccn3)sc21)OCCCO. The first-order valence-corrected chi connectivity index (χ1v) is 28.9. The Morgan fingerprint density at radius 3 is 1.36 bits per heavy atom. The number of methoxy groups -OCH3 is 2. The third kappa shape index (κ3) is 14.6. The van der Waals surface area contributed by atoms with E-state index in [-0.39, 0.29) is 78.8 Å². The van der Waals surface area contributed by atoms with E-state index in [1.54, 1.807) is 27.7 Å². The van der Waals surface area contributed by atoms with E-state index in [1.165, 1.54) is 122 Å². The zero-order valence-electron chi connectivity index (χ0n) is 50.1. The van der Waals surface area contributed by atoms with Crippen molar-refractivity contribution in [3.63, 3.8) is 0 Å². The minimum absolute atomic E-state index is 0.0716. The van der Waals surface area contributed by atoms with E-state index in [4.69, 9.17) is 24.2 Å². The molecule has 0 saturated carbocycles. The van der Waals surface area contributed by atoms with Gasteiger partial charge in [0.15, 0.2) is 0 Å². The number of amides is 1. The Balaban J connectivity index is 0.000000259. The second-order valence-corrected chi connectivity index (χ2v) is 23.2. The number of ether oxygens (including phenoxy) is 4. The number of carboxylic acids is 1. The summed E-state index contributed by atoms with van der Waals surface area (Å²) in [5, 5.41) is 65.2. The summed E-state index contributed by atoms with van der Waals surface area (Å²) in [6, 6.07) is 7.34. The van der Waals surface area contributed by atoms with Crippen molar-refractivity contribution in [2.45, 2.75) is 131 Å². The maximum atomic E-state index is 14.5. The van der Waals surface area contributed by atoms with E-state index < -0.39 is 75.3 Å². The Morgan fingerprint density at radius 1 is 0.667 bits per heavy atom. The summed E-state index contributed by atoms with van der Waals surface area (Å²) in [6.07, 6.45) is 4.48. The van der Waals surface area contributed by atoms with Gasteiger partial charge in [-0.1, -0.05) is 22.7 Å². The lowest BCUT2D eigenvalue weighted by atomic mass is 10.0. The molecule has 0 bridgehead atoms. The van der Waals surface area contributed by atoms with Gasteiger partial charge < -0.3 is 39.5 Å². The van der Waals surface area contributed by atoms with Crippen LogP contribution < -0.4 is 37.5 Å². The van der Waals surface area contributed by atoms with E-state index in [9.17, 15) is 58.1 Å². The van der Waals surface area contributed by atoms with Gasteiger partial charge in [0.05, 0.1) is 68.9 Å². The zero-order chi connectivity index (χ0) is 64.4. The molecule has 27 nitrogen and oxygen atoms in total. The highest BCUT2D eigenvalue weighted by atomic mass is 32.1. The second kappa shape index (κ2) is 29.2. The van der Waals surface area contributed by atoms with Gasteiger partial charge in [0, 0.05) is 54.7 Å². The van der Waals surface area contributed by atoms with Gasteiger partial charge in [-0.2, -0.15) is 20.4 Å². The van der Waals surface area contributed by atoms with E-state index in [1.807, 2.05) is 19.3 Å². The molecule has 2 atom stereocenters. The number of nitrogens with one attached hydrogen (secondary N) is 1. The summed E-state index contributed by atoms with van der Waals surface area (Å²) >= 11 is 2.18. The summed E-state index contributed by atoms with van der Waals surface area (Å²) in [6.45, 7) is 14.9. The second-order valence-electron chi connectivity index (χ2n) is 21.2. The maximum absolute atomic E-state index is 14.5. The number of carbonyl (C=O) groups is 2. The number of aliphatic hydroxyl groups excluding tert-OH is 2. The molecule has 0 aliphatic rings. The third-order valence-electron chi connectivity index (χ3n) is 13.7. The van der Waals surface area contributed by atoms with Crippen LogP contribution in [0, 0.1) is 25.5 Å². The number of rotatable bonds is 24. The fourth-order valence-electron chi connectivity index (χ4n) is 9.01. The number of benzene rings is 2. The Kier molecular flexibility index (Phi) is 22.9. The molecule has 8 aromatic rings. The van der Waals surface area contributed by atoms with Crippen LogP contribution >= 0.6 is 22.7 Å². The monoisotopic (exact) mass is 1250 g/mol. The topological polar surface area (TPSA) is 337 Å². The number of aromatic nitrogens is 10. The zero-order valence-corrected chi connectivity index (χ0v) is 51.7. The van der Waals surface area contributed by atoms with Gasteiger partial charge in [0.1, 0.15) is 66.1 Å². The molecule has 87 heavy (non-hydrogen) atoms. The first-order chi connectivity index (χ1) is 41.1. The van der Waals surface area contributed by atoms with Gasteiger partial charge in [-0.15, -0.1) is 9.59 Å². The smallest absolute Gasteiger partial charge is 0.333 e. The van der Waals surface area contributed by atoms with Crippen molar-refractivity contribution in [3.8, 4) is 21.5 Å². The lowest BCUT2D eigenvalue weighted by Gasteiger charge is -2.31. The van der Waals surface area contributed by atoms with E-state index in [2.05, 4.69) is 20.4 Å². The number of nitrogens with zero attached hydrogens (tertiary/aromatic N) is 11. The van der Waals surface area contributed by atoms with Crippen molar-refractivity contribution in [2.75, 3.05) is 40.6 Å². The molecule has 472 valence electrons. The average Bonchev–Trinajstić information content (AvgIpc) is 1.69. The number of thiophene rings is 2. The minimum Gasteiger partial charge on any atom is -0.496 e. The lowest BCUT2D eigenvalue weighted by Crippen LogP contribution is -2.57. The van der Waals surface area contributed by atoms with Crippen LogP contribution in [-0.4, -0.2) is 144 Å². The van der Waals surface area contributed by atoms with Crippen LogP contribution in [0.15, 0.2) is 80.4 Å². The van der Waals surface area contributed by atoms with Gasteiger partial charge >= 0.3 is 17.3 Å². The standard InChI is InChI=1S/C28H35FN6O7S.C25H28FN5O7S.C3H9NO/c1-16(2)34(40)26(38)28(4,5)33-23(37)22-17(3)24(35-30-10-11-31-35)43-25(22)32(27(33)39)15-21(42-13-7-12-36)19-14-18(29)8-9-20(19)41-6;1-14-19-20(33)30(25(2,3)23(34)35)24(36)29(22(19)39-21(14)31-27-8-9-28-31)13-18(38-11-5-10-32)16-12-15(26)6-7-17(16)37-4;1-3(2)4-5/h8-11,14,16,21,36,40H,7,12-13,15H2,1-6H3;6-9,12,18,32H,5,10-11,13H2,1-4H3,(H,34,35);3-5H,1-2H3/t21-;18-;/m00./s1. The van der Waals surface area contributed by atoms with Gasteiger partial charge in [0.25, 0.3) is 17.0 Å². The average molecular weight is 1260 g/mol. The largest absolute Gasteiger partial charge is 0.496 e. The molecule has 0 aliphatic carbocycles. The molecule has 0 fully saturated rings. The third-order valence-corrected chi connectivity index (χ3v) is 16.3. The Hall–Kier alpha value is -7.88. The number of carbonyl (C=O) groups excluding carboxylic acids is 1. The number of hydrogen-bond donors (Lipinski definition) is 6. The highest BCUT2D eigenvalue weighted by Crippen LogP contribution is 2.37. The van der Waals surface area contributed by atoms with Crippen LogP contribution in [0.1, 0.15) is 103 Å². The molecule has 0 aliphatic heterocycles. The van der Waals surface area contributed by atoms with Crippen molar-refractivity contribution < 1.29 is 63.1 Å². The van der Waals surface area contributed by atoms with Crippen LogP contribution in [-0.2, 0) is 43.2 Å². The molecule has 1 amide bonds. The normalized spacial score (nSPS) is 12.5. The number of aryl methyl sites for hydroxylation is 2. The van der Waals surface area contributed by atoms with Gasteiger partial charge in [0.2, 0.25) is 0 Å². The fraction of sp³-hybridized carbons (Fsp3) is 0.464.